The third-order valence-corrected chi connectivity index (χ3v) is 4.06. The Morgan fingerprint density at radius 1 is 1.17 bits per heavy atom. The summed E-state index contributed by atoms with van der Waals surface area (Å²) in [6.07, 6.45) is 5.88. The maximum Gasteiger partial charge on any atom is 0.295 e. The van der Waals surface area contributed by atoms with Gasteiger partial charge in [-0.25, -0.2) is 0 Å². The predicted octanol–water partition coefficient (Wildman–Crippen LogP) is 4.18. The lowest BCUT2D eigenvalue weighted by molar-refractivity contribution is 0.564. The van der Waals surface area contributed by atoms with Gasteiger partial charge in [-0.05, 0) is 25.0 Å². The minimum Gasteiger partial charge on any atom is -0.424 e. The van der Waals surface area contributed by atoms with E-state index < -0.39 is 0 Å². The van der Waals surface area contributed by atoms with E-state index in [4.69, 9.17) is 16.0 Å². The molecule has 1 saturated carbocycles. The van der Waals surface area contributed by atoms with Crippen molar-refractivity contribution in [2.45, 2.75) is 43.5 Å². The molecule has 2 unspecified atom stereocenters. The molecule has 1 fully saturated rings. The van der Waals surface area contributed by atoms with Gasteiger partial charge in [0.2, 0.25) is 0 Å². The van der Waals surface area contributed by atoms with Crippen molar-refractivity contribution in [3.63, 3.8) is 0 Å². The largest absolute Gasteiger partial charge is 0.424 e. The molecule has 3 nitrogen and oxygen atoms in total. The second-order valence-corrected chi connectivity index (χ2v) is 5.45. The maximum atomic E-state index is 6.40. The number of aromatic nitrogens is 1. The molecule has 1 aliphatic carbocycles. The van der Waals surface area contributed by atoms with Gasteiger partial charge in [-0.1, -0.05) is 31.4 Å². The number of para-hydroxylation sites is 2. The third-order valence-electron chi connectivity index (χ3n) is 3.53. The molecule has 1 aliphatic rings. The van der Waals surface area contributed by atoms with Gasteiger partial charge in [0.1, 0.15) is 5.52 Å². The number of nitrogens with zero attached hydrogens (tertiary/aromatic N) is 1. The topological polar surface area (TPSA) is 38.1 Å². The van der Waals surface area contributed by atoms with Crippen LogP contribution < -0.4 is 5.32 Å². The summed E-state index contributed by atoms with van der Waals surface area (Å²) in [5.74, 6) is 0. The van der Waals surface area contributed by atoms with Crippen LogP contribution in [0.3, 0.4) is 0 Å². The maximum absolute atomic E-state index is 6.40. The zero-order chi connectivity index (χ0) is 12.4. The molecule has 2 atom stereocenters. The Balaban J connectivity index is 1.78. The fourth-order valence-electron chi connectivity index (χ4n) is 2.52. The third kappa shape index (κ3) is 2.46. The van der Waals surface area contributed by atoms with Crippen LogP contribution in [0.1, 0.15) is 32.1 Å². The first kappa shape index (κ1) is 11.8. The predicted molar refractivity (Wildman–Crippen MR) is 74.1 cm³/mol. The van der Waals surface area contributed by atoms with Gasteiger partial charge in [-0.15, -0.1) is 11.6 Å². The average Bonchev–Trinajstić information content (AvgIpc) is 2.68. The van der Waals surface area contributed by atoms with Crippen molar-refractivity contribution >= 4 is 28.7 Å². The van der Waals surface area contributed by atoms with Crippen LogP contribution in [0.25, 0.3) is 11.1 Å². The molecule has 18 heavy (non-hydrogen) atoms. The lowest BCUT2D eigenvalue weighted by Crippen LogP contribution is -2.28. The second kappa shape index (κ2) is 5.19. The first-order chi connectivity index (χ1) is 8.83. The monoisotopic (exact) mass is 264 g/mol. The molecule has 0 bridgehead atoms. The fourth-order valence-corrected chi connectivity index (χ4v) is 2.86. The van der Waals surface area contributed by atoms with Crippen molar-refractivity contribution in [3.05, 3.63) is 24.3 Å². The summed E-state index contributed by atoms with van der Waals surface area (Å²) in [5.41, 5.74) is 1.71. The second-order valence-electron chi connectivity index (χ2n) is 4.89. The van der Waals surface area contributed by atoms with E-state index in [2.05, 4.69) is 10.3 Å². The number of oxazole rings is 1. The van der Waals surface area contributed by atoms with Gasteiger partial charge in [0.05, 0.1) is 5.38 Å². The summed E-state index contributed by atoms with van der Waals surface area (Å²) in [6, 6.07) is 8.66. The van der Waals surface area contributed by atoms with E-state index in [0.29, 0.717) is 6.01 Å². The smallest absolute Gasteiger partial charge is 0.295 e. The van der Waals surface area contributed by atoms with Gasteiger partial charge >= 0.3 is 0 Å². The summed E-state index contributed by atoms with van der Waals surface area (Å²) in [6.45, 7) is 0. The van der Waals surface area contributed by atoms with E-state index in [1.54, 1.807) is 0 Å². The Kier molecular flexibility index (Phi) is 3.41. The Hall–Kier alpha value is -1.22. The SMILES string of the molecule is ClC1CCCCCC1Nc1nc2ccccc2o1. The standard InChI is InChI=1S/C14H17ClN2O/c15-10-6-2-1-3-7-11(10)16-14-17-12-8-4-5-9-13(12)18-14/h4-5,8-11H,1-3,6-7H2,(H,16,17). The van der Waals surface area contributed by atoms with Crippen LogP contribution in [0.15, 0.2) is 28.7 Å². The average molecular weight is 265 g/mol. The van der Waals surface area contributed by atoms with Crippen molar-refractivity contribution in [2.24, 2.45) is 0 Å². The summed E-state index contributed by atoms with van der Waals surface area (Å²) >= 11 is 6.40. The van der Waals surface area contributed by atoms with Crippen LogP contribution in [-0.2, 0) is 0 Å². The molecule has 1 N–H and O–H groups in total. The van der Waals surface area contributed by atoms with Gasteiger partial charge in [0.25, 0.3) is 6.01 Å². The molecule has 0 radical (unpaired) electrons. The number of halogens is 1. The van der Waals surface area contributed by atoms with Crippen molar-refractivity contribution in [2.75, 3.05) is 5.32 Å². The van der Waals surface area contributed by atoms with Gasteiger partial charge in [0, 0.05) is 6.04 Å². The van der Waals surface area contributed by atoms with Crippen molar-refractivity contribution in [3.8, 4) is 0 Å². The van der Waals surface area contributed by atoms with E-state index in [9.17, 15) is 0 Å². The highest BCUT2D eigenvalue weighted by Gasteiger charge is 2.23. The number of alkyl halides is 1. The molecule has 0 saturated heterocycles. The molecule has 0 aliphatic heterocycles. The summed E-state index contributed by atoms with van der Waals surface area (Å²) < 4.78 is 5.68. The van der Waals surface area contributed by atoms with Crippen LogP contribution in [0.4, 0.5) is 6.01 Å². The lowest BCUT2D eigenvalue weighted by atomic mass is 10.1. The van der Waals surface area contributed by atoms with Crippen LogP contribution >= 0.6 is 11.6 Å². The van der Waals surface area contributed by atoms with Crippen molar-refractivity contribution < 1.29 is 4.42 Å². The molecule has 4 heteroatoms. The molecular weight excluding hydrogens is 248 g/mol. The molecule has 0 amide bonds. The van der Waals surface area contributed by atoms with Crippen molar-refractivity contribution in [1.29, 1.82) is 0 Å². The van der Waals surface area contributed by atoms with E-state index in [1.165, 1.54) is 19.3 Å². The van der Waals surface area contributed by atoms with Gasteiger partial charge in [-0.3, -0.25) is 0 Å². The minimum absolute atomic E-state index is 0.169. The van der Waals surface area contributed by atoms with Gasteiger partial charge < -0.3 is 9.73 Å². The summed E-state index contributed by atoms with van der Waals surface area (Å²) in [4.78, 5) is 4.44. The first-order valence-corrected chi connectivity index (χ1v) is 7.03. The molecule has 0 spiro atoms. The highest BCUT2D eigenvalue weighted by atomic mass is 35.5. The highest BCUT2D eigenvalue weighted by Crippen LogP contribution is 2.26. The van der Waals surface area contributed by atoms with Gasteiger partial charge in [-0.2, -0.15) is 4.98 Å². The number of nitrogens with one attached hydrogen (secondary N) is 1. The number of anilines is 1. The number of hydrogen-bond acceptors (Lipinski definition) is 3. The molecule has 1 heterocycles. The Bertz CT molecular complexity index is 492. The number of hydrogen-bond donors (Lipinski definition) is 1. The van der Waals surface area contributed by atoms with E-state index in [1.807, 2.05) is 24.3 Å². The molecular formula is C14H17ClN2O. The van der Waals surface area contributed by atoms with Crippen LogP contribution in [0.2, 0.25) is 0 Å². The molecule has 2 aromatic rings. The number of benzene rings is 1. The van der Waals surface area contributed by atoms with Crippen molar-refractivity contribution in [1.82, 2.24) is 4.98 Å². The van der Waals surface area contributed by atoms with E-state index >= 15 is 0 Å². The Morgan fingerprint density at radius 3 is 2.89 bits per heavy atom. The highest BCUT2D eigenvalue weighted by molar-refractivity contribution is 6.21. The Morgan fingerprint density at radius 2 is 2.00 bits per heavy atom. The molecule has 1 aromatic carbocycles. The molecule has 96 valence electrons. The molecule has 3 rings (SSSR count). The number of fused-ring (bicyclic) bond motifs is 1. The summed E-state index contributed by atoms with van der Waals surface area (Å²) in [7, 11) is 0. The zero-order valence-corrected chi connectivity index (χ0v) is 11.0. The number of rotatable bonds is 2. The summed E-state index contributed by atoms with van der Waals surface area (Å²) in [5, 5.41) is 3.52. The minimum atomic E-state index is 0.169. The zero-order valence-electron chi connectivity index (χ0n) is 10.2. The quantitative estimate of drug-likeness (QED) is 0.653. The fraction of sp³-hybridized carbons (Fsp3) is 0.500. The lowest BCUT2D eigenvalue weighted by Gasteiger charge is -2.19. The molecule has 1 aromatic heterocycles. The van der Waals surface area contributed by atoms with Crippen LogP contribution in [0.5, 0.6) is 0 Å². The normalized spacial score (nSPS) is 24.9. The van der Waals surface area contributed by atoms with Crippen LogP contribution in [0, 0.1) is 0 Å². The van der Waals surface area contributed by atoms with Crippen LogP contribution in [-0.4, -0.2) is 16.4 Å². The van der Waals surface area contributed by atoms with Gasteiger partial charge in [0.15, 0.2) is 5.58 Å². The Labute approximate surface area is 112 Å². The van der Waals surface area contributed by atoms with E-state index in [0.717, 1.165) is 23.9 Å². The first-order valence-electron chi connectivity index (χ1n) is 6.59. The van der Waals surface area contributed by atoms with E-state index in [-0.39, 0.29) is 11.4 Å².